The van der Waals surface area contributed by atoms with E-state index in [0.29, 0.717) is 0 Å². The van der Waals surface area contributed by atoms with E-state index in [4.69, 9.17) is 11.6 Å². The molecule has 0 aliphatic heterocycles. The molecular formula is C15H15ClFN. The third-order valence-electron chi connectivity index (χ3n) is 2.81. The van der Waals surface area contributed by atoms with Gasteiger partial charge in [0.15, 0.2) is 0 Å². The van der Waals surface area contributed by atoms with Crippen LogP contribution in [0.25, 0.3) is 11.1 Å². The van der Waals surface area contributed by atoms with Crippen LogP contribution < -0.4 is 5.32 Å². The highest BCUT2D eigenvalue weighted by Crippen LogP contribution is 2.27. The molecule has 0 atom stereocenters. The van der Waals surface area contributed by atoms with Crippen molar-refractivity contribution in [1.82, 2.24) is 5.32 Å². The summed E-state index contributed by atoms with van der Waals surface area (Å²) >= 11 is 5.83. The lowest BCUT2D eigenvalue weighted by molar-refractivity contribution is 0.628. The maximum Gasteiger partial charge on any atom is 0.141 e. The molecule has 3 heteroatoms. The lowest BCUT2D eigenvalue weighted by Crippen LogP contribution is -2.12. The Morgan fingerprint density at radius 3 is 2.67 bits per heavy atom. The summed E-state index contributed by atoms with van der Waals surface area (Å²) in [5.41, 5.74) is 3.21. The summed E-state index contributed by atoms with van der Waals surface area (Å²) in [5, 5.41) is 3.45. The van der Waals surface area contributed by atoms with Crippen LogP contribution in [-0.2, 0) is 6.54 Å². The largest absolute Gasteiger partial charge is 0.313 e. The molecule has 0 aromatic heterocycles. The molecule has 0 fully saturated rings. The van der Waals surface area contributed by atoms with Crippen molar-refractivity contribution in [3.63, 3.8) is 0 Å². The van der Waals surface area contributed by atoms with Crippen molar-refractivity contribution in [2.45, 2.75) is 13.5 Å². The molecule has 0 saturated carbocycles. The summed E-state index contributed by atoms with van der Waals surface area (Å²) in [4.78, 5) is 0. The second-order valence-electron chi connectivity index (χ2n) is 4.07. The Labute approximate surface area is 112 Å². The first kappa shape index (κ1) is 13.1. The van der Waals surface area contributed by atoms with Crippen LogP contribution in [0.4, 0.5) is 4.39 Å². The predicted molar refractivity (Wildman–Crippen MR) is 74.2 cm³/mol. The summed E-state index contributed by atoms with van der Waals surface area (Å²) in [6.07, 6.45) is 0. The molecule has 0 radical (unpaired) electrons. The van der Waals surface area contributed by atoms with E-state index in [-0.39, 0.29) is 10.8 Å². The van der Waals surface area contributed by atoms with Gasteiger partial charge in [0.2, 0.25) is 0 Å². The third-order valence-corrected chi connectivity index (χ3v) is 3.10. The lowest BCUT2D eigenvalue weighted by atomic mass is 9.99. The molecule has 0 aliphatic carbocycles. The van der Waals surface area contributed by atoms with Crippen molar-refractivity contribution in [3.8, 4) is 11.1 Å². The van der Waals surface area contributed by atoms with Crippen molar-refractivity contribution in [2.24, 2.45) is 0 Å². The third kappa shape index (κ3) is 2.89. The molecule has 0 spiro atoms. The maximum absolute atomic E-state index is 13.2. The van der Waals surface area contributed by atoms with Crippen molar-refractivity contribution < 1.29 is 4.39 Å². The van der Waals surface area contributed by atoms with Gasteiger partial charge in [0.05, 0.1) is 5.02 Å². The normalized spacial score (nSPS) is 10.6. The van der Waals surface area contributed by atoms with Gasteiger partial charge in [-0.1, -0.05) is 48.9 Å². The summed E-state index contributed by atoms with van der Waals surface area (Å²) in [7, 11) is 0. The summed E-state index contributed by atoms with van der Waals surface area (Å²) in [6.45, 7) is 3.78. The topological polar surface area (TPSA) is 12.0 Å². The van der Waals surface area contributed by atoms with Gasteiger partial charge in [-0.2, -0.15) is 0 Å². The molecule has 0 heterocycles. The minimum Gasteiger partial charge on any atom is -0.313 e. The van der Waals surface area contributed by atoms with Gasteiger partial charge in [0, 0.05) is 6.54 Å². The fourth-order valence-electron chi connectivity index (χ4n) is 1.88. The van der Waals surface area contributed by atoms with Gasteiger partial charge in [-0.25, -0.2) is 4.39 Å². The van der Waals surface area contributed by atoms with E-state index in [2.05, 4.69) is 18.3 Å². The highest BCUT2D eigenvalue weighted by Gasteiger charge is 2.06. The molecule has 1 N–H and O–H groups in total. The minimum absolute atomic E-state index is 0.158. The molecule has 0 saturated heterocycles. The Kier molecular flexibility index (Phi) is 4.34. The minimum atomic E-state index is -0.385. The molecule has 0 unspecified atom stereocenters. The van der Waals surface area contributed by atoms with Gasteiger partial charge < -0.3 is 5.32 Å². The van der Waals surface area contributed by atoms with Crippen LogP contribution in [0, 0.1) is 5.82 Å². The molecule has 2 rings (SSSR count). The number of halogens is 2. The molecule has 18 heavy (non-hydrogen) atoms. The maximum atomic E-state index is 13.2. The quantitative estimate of drug-likeness (QED) is 0.869. The first-order valence-electron chi connectivity index (χ1n) is 5.96. The molecule has 94 valence electrons. The fraction of sp³-hybridized carbons (Fsp3) is 0.200. The van der Waals surface area contributed by atoms with Gasteiger partial charge >= 0.3 is 0 Å². The van der Waals surface area contributed by atoms with E-state index < -0.39 is 0 Å². The van der Waals surface area contributed by atoms with Crippen molar-refractivity contribution in [1.29, 1.82) is 0 Å². The molecule has 0 bridgehead atoms. The van der Waals surface area contributed by atoms with Gasteiger partial charge in [-0.15, -0.1) is 0 Å². The average molecular weight is 264 g/mol. The Bertz CT molecular complexity index is 540. The van der Waals surface area contributed by atoms with Gasteiger partial charge in [-0.3, -0.25) is 0 Å². The number of benzene rings is 2. The van der Waals surface area contributed by atoms with E-state index in [1.54, 1.807) is 12.1 Å². The predicted octanol–water partition coefficient (Wildman–Crippen LogP) is 4.26. The number of nitrogens with one attached hydrogen (secondary N) is 1. The zero-order valence-electron chi connectivity index (χ0n) is 10.2. The first-order valence-corrected chi connectivity index (χ1v) is 6.34. The van der Waals surface area contributed by atoms with Gasteiger partial charge in [-0.05, 0) is 35.4 Å². The molecule has 0 aliphatic rings. The average Bonchev–Trinajstić information content (AvgIpc) is 2.40. The Balaban J connectivity index is 2.39. The fourth-order valence-corrected chi connectivity index (χ4v) is 2.06. The molecule has 2 aromatic rings. The van der Waals surface area contributed by atoms with Crippen molar-refractivity contribution >= 4 is 11.6 Å². The number of hydrogen-bond donors (Lipinski definition) is 1. The van der Waals surface area contributed by atoms with Crippen LogP contribution in [0.1, 0.15) is 12.5 Å². The summed E-state index contributed by atoms with van der Waals surface area (Å²) < 4.78 is 13.2. The van der Waals surface area contributed by atoms with Crippen molar-refractivity contribution in [3.05, 3.63) is 58.9 Å². The number of rotatable bonds is 4. The van der Waals surface area contributed by atoms with Gasteiger partial charge in [0.25, 0.3) is 0 Å². The van der Waals surface area contributed by atoms with Crippen molar-refractivity contribution in [2.75, 3.05) is 6.54 Å². The van der Waals surface area contributed by atoms with Crippen LogP contribution in [-0.4, -0.2) is 6.54 Å². The zero-order chi connectivity index (χ0) is 13.0. The van der Waals surface area contributed by atoms with Crippen LogP contribution >= 0.6 is 11.6 Å². The molecule has 2 aromatic carbocycles. The molecular weight excluding hydrogens is 249 g/mol. The Hall–Kier alpha value is -1.38. The zero-order valence-corrected chi connectivity index (χ0v) is 11.0. The SMILES string of the molecule is CCNCc1ccccc1-c1ccc(F)c(Cl)c1. The smallest absolute Gasteiger partial charge is 0.141 e. The Morgan fingerprint density at radius 2 is 1.94 bits per heavy atom. The second kappa shape index (κ2) is 5.98. The van der Waals surface area contributed by atoms with E-state index >= 15 is 0 Å². The summed E-state index contributed by atoms with van der Waals surface area (Å²) in [6, 6.07) is 12.9. The van der Waals surface area contributed by atoms with Crippen LogP contribution in [0.3, 0.4) is 0 Å². The van der Waals surface area contributed by atoms with Crippen LogP contribution in [0.5, 0.6) is 0 Å². The van der Waals surface area contributed by atoms with E-state index in [0.717, 1.165) is 24.2 Å². The monoisotopic (exact) mass is 263 g/mol. The summed E-state index contributed by atoms with van der Waals surface area (Å²) in [5.74, 6) is -0.385. The molecule has 1 nitrogen and oxygen atoms in total. The number of hydrogen-bond acceptors (Lipinski definition) is 1. The Morgan fingerprint density at radius 1 is 1.17 bits per heavy atom. The highest BCUT2D eigenvalue weighted by atomic mass is 35.5. The van der Waals surface area contributed by atoms with E-state index in [1.807, 2.05) is 18.2 Å². The van der Waals surface area contributed by atoms with Gasteiger partial charge in [0.1, 0.15) is 5.82 Å². The highest BCUT2D eigenvalue weighted by molar-refractivity contribution is 6.31. The lowest BCUT2D eigenvalue weighted by Gasteiger charge is -2.10. The molecule has 0 amide bonds. The first-order chi connectivity index (χ1) is 8.72. The van der Waals surface area contributed by atoms with E-state index in [9.17, 15) is 4.39 Å². The van der Waals surface area contributed by atoms with Crippen LogP contribution in [0.15, 0.2) is 42.5 Å². The standard InChI is InChI=1S/C15H15ClFN/c1-2-18-10-12-5-3-4-6-13(12)11-7-8-15(17)14(16)9-11/h3-9,18H,2,10H2,1H3. The van der Waals surface area contributed by atoms with Crippen LogP contribution in [0.2, 0.25) is 5.02 Å². The van der Waals surface area contributed by atoms with E-state index in [1.165, 1.54) is 11.6 Å². The second-order valence-corrected chi connectivity index (χ2v) is 4.47.